The number of nitrogens with two attached hydrogens (primary N) is 1. The summed E-state index contributed by atoms with van der Waals surface area (Å²) in [6.07, 6.45) is 2.88. The number of halogens is 1. The smallest absolute Gasteiger partial charge is 0.324 e. The predicted octanol–water partition coefficient (Wildman–Crippen LogP) is 2.48. The fourth-order valence-corrected chi connectivity index (χ4v) is 4.62. The molecule has 13 heteroatoms. The van der Waals surface area contributed by atoms with Crippen LogP contribution < -0.4 is 11.1 Å². The zero-order valence-electron chi connectivity index (χ0n) is 20.7. The molecule has 2 aromatic carbocycles. The Bertz CT molecular complexity index is 1830. The van der Waals surface area contributed by atoms with E-state index < -0.39 is 17.8 Å². The number of fused-ring (bicyclic) bond motifs is 1. The number of nitrogens with zero attached hydrogens (tertiary/aromatic N) is 8. The fourth-order valence-electron chi connectivity index (χ4n) is 4.62. The molecule has 0 atom stereocenters. The summed E-state index contributed by atoms with van der Waals surface area (Å²) in [4.78, 5) is 42.9. The van der Waals surface area contributed by atoms with Gasteiger partial charge in [-0.2, -0.15) is 9.78 Å². The van der Waals surface area contributed by atoms with Crippen molar-refractivity contribution < 1.29 is 14.0 Å². The zero-order chi connectivity index (χ0) is 27.8. The molecule has 0 bridgehead atoms. The molecule has 0 spiro atoms. The van der Waals surface area contributed by atoms with Crippen molar-refractivity contribution in [3.63, 3.8) is 0 Å². The van der Waals surface area contributed by atoms with Gasteiger partial charge in [-0.05, 0) is 23.8 Å². The summed E-state index contributed by atoms with van der Waals surface area (Å²) in [5, 5.41) is 16.7. The van der Waals surface area contributed by atoms with Gasteiger partial charge < -0.3 is 11.1 Å². The molecule has 1 aliphatic rings. The number of rotatable bonds is 6. The highest BCUT2D eigenvalue weighted by Crippen LogP contribution is 2.35. The second-order valence-electron chi connectivity index (χ2n) is 8.90. The number of nitriles is 1. The maximum absolute atomic E-state index is 15.1. The summed E-state index contributed by atoms with van der Waals surface area (Å²) in [6.45, 7) is -0.205. The van der Waals surface area contributed by atoms with Crippen LogP contribution in [-0.4, -0.2) is 52.9 Å². The Hall–Kier alpha value is -5.77. The molecule has 3 aromatic heterocycles. The molecule has 3 N–H and O–H groups in total. The van der Waals surface area contributed by atoms with Crippen LogP contribution in [0.5, 0.6) is 0 Å². The molecule has 1 fully saturated rings. The van der Waals surface area contributed by atoms with E-state index in [2.05, 4.69) is 31.4 Å². The number of anilines is 1. The molecule has 5 aromatic rings. The molecule has 3 amide bonds. The van der Waals surface area contributed by atoms with Gasteiger partial charge in [-0.15, -0.1) is 5.10 Å². The average Bonchev–Trinajstić information content (AvgIpc) is 3.54. The van der Waals surface area contributed by atoms with E-state index in [9.17, 15) is 14.9 Å². The number of benzene rings is 2. The van der Waals surface area contributed by atoms with Gasteiger partial charge in [0.2, 0.25) is 11.9 Å². The number of aromatic nitrogens is 6. The van der Waals surface area contributed by atoms with E-state index in [0.29, 0.717) is 39.3 Å². The zero-order valence-corrected chi connectivity index (χ0v) is 20.7. The van der Waals surface area contributed by atoms with Crippen LogP contribution in [0.15, 0.2) is 61.1 Å². The van der Waals surface area contributed by atoms with Crippen molar-refractivity contribution in [2.45, 2.75) is 13.0 Å². The van der Waals surface area contributed by atoms with E-state index in [4.69, 9.17) is 10.7 Å². The fraction of sp³-hybridized carbons (Fsp3) is 0.111. The summed E-state index contributed by atoms with van der Waals surface area (Å²) in [5.41, 5.74) is 9.51. The maximum Gasteiger partial charge on any atom is 0.324 e. The molecule has 0 saturated carbocycles. The summed E-state index contributed by atoms with van der Waals surface area (Å²) in [7, 11) is 0. The first-order chi connectivity index (χ1) is 19.4. The topological polar surface area (TPSA) is 168 Å². The van der Waals surface area contributed by atoms with Crippen molar-refractivity contribution in [3.05, 3.63) is 89.4 Å². The van der Waals surface area contributed by atoms with Crippen LogP contribution in [0.2, 0.25) is 0 Å². The highest BCUT2D eigenvalue weighted by atomic mass is 19.1. The average molecular weight is 535 g/mol. The minimum Gasteiger partial charge on any atom is -0.368 e. The molecule has 12 nitrogen and oxygen atoms in total. The molecule has 1 aliphatic heterocycles. The summed E-state index contributed by atoms with van der Waals surface area (Å²) >= 11 is 0. The number of urea groups is 1. The first-order valence-corrected chi connectivity index (χ1v) is 12.1. The second kappa shape index (κ2) is 9.84. The number of nitrogens with one attached hydrogen (secondary N) is 1. The molecular formula is C27H19FN10O2. The van der Waals surface area contributed by atoms with Gasteiger partial charge >= 0.3 is 6.03 Å². The van der Waals surface area contributed by atoms with Gasteiger partial charge in [-0.1, -0.05) is 30.3 Å². The Labute approximate surface area is 226 Å². The number of imide groups is 1. The first-order valence-electron chi connectivity index (χ1n) is 12.1. The van der Waals surface area contributed by atoms with E-state index >= 15 is 4.39 Å². The molecule has 40 heavy (non-hydrogen) atoms. The number of hydrogen-bond acceptors (Lipinski definition) is 9. The Morgan fingerprint density at radius 2 is 1.95 bits per heavy atom. The minimum absolute atomic E-state index is 0.00221. The highest BCUT2D eigenvalue weighted by Gasteiger charge is 2.30. The minimum atomic E-state index is -0.537. The van der Waals surface area contributed by atoms with E-state index in [-0.39, 0.29) is 36.8 Å². The highest BCUT2D eigenvalue weighted by molar-refractivity contribution is 6.01. The predicted molar refractivity (Wildman–Crippen MR) is 140 cm³/mol. The van der Waals surface area contributed by atoms with Crippen molar-refractivity contribution in [1.29, 1.82) is 5.26 Å². The normalized spacial score (nSPS) is 13.1. The number of nitrogen functional groups attached to an aromatic ring is 1. The van der Waals surface area contributed by atoms with Crippen molar-refractivity contribution in [3.8, 4) is 28.6 Å². The molecule has 6 rings (SSSR count). The maximum atomic E-state index is 15.1. The lowest BCUT2D eigenvalue weighted by Gasteiger charge is -2.15. The van der Waals surface area contributed by atoms with E-state index in [1.54, 1.807) is 42.6 Å². The van der Waals surface area contributed by atoms with Crippen LogP contribution >= 0.6 is 0 Å². The number of amides is 3. The Balaban J connectivity index is 1.50. The van der Waals surface area contributed by atoms with Gasteiger partial charge in [0.05, 0.1) is 41.7 Å². The summed E-state index contributed by atoms with van der Waals surface area (Å²) < 4.78 is 16.4. The van der Waals surface area contributed by atoms with Gasteiger partial charge in [0.25, 0.3) is 0 Å². The monoisotopic (exact) mass is 534 g/mol. The van der Waals surface area contributed by atoms with E-state index in [0.717, 1.165) is 4.90 Å². The molecule has 196 valence electrons. The summed E-state index contributed by atoms with van der Waals surface area (Å²) in [6, 6.07) is 14.7. The number of carbonyl (C=O) groups is 2. The standard InChI is InChI=1S/C27H19FN10O2/c28-19-7-3-5-16(13-37-22(39)12-32-27(37)40)18(19)10-21-34-25-23(20-8-9-31-14-33-20)24(35-26(30)38(25)36-21)17-6-2-1-4-15(17)11-29/h1-9,14H,10,12-13H2,(H2,30,35)(H,32,40). The van der Waals surface area contributed by atoms with Crippen molar-refractivity contribution in [1.82, 2.24) is 39.8 Å². The Morgan fingerprint density at radius 3 is 2.70 bits per heavy atom. The Morgan fingerprint density at radius 1 is 1.10 bits per heavy atom. The van der Waals surface area contributed by atoms with Gasteiger partial charge in [0.1, 0.15) is 12.1 Å². The number of hydrogen-bond donors (Lipinski definition) is 2. The third-order valence-corrected chi connectivity index (χ3v) is 6.51. The summed E-state index contributed by atoms with van der Waals surface area (Å²) in [5.74, 6) is -0.709. The lowest BCUT2D eigenvalue weighted by molar-refractivity contribution is -0.125. The lowest BCUT2D eigenvalue weighted by atomic mass is 9.99. The van der Waals surface area contributed by atoms with Crippen LogP contribution in [0.3, 0.4) is 0 Å². The Kier molecular flexibility index (Phi) is 6.04. The lowest BCUT2D eigenvalue weighted by Crippen LogP contribution is -2.30. The first kappa shape index (κ1) is 24.6. The quantitative estimate of drug-likeness (QED) is 0.311. The third kappa shape index (κ3) is 4.23. The van der Waals surface area contributed by atoms with Crippen LogP contribution in [0.25, 0.3) is 28.2 Å². The molecule has 0 aliphatic carbocycles. The van der Waals surface area contributed by atoms with E-state index in [1.165, 1.54) is 23.0 Å². The van der Waals surface area contributed by atoms with Gasteiger partial charge in [-0.25, -0.2) is 29.1 Å². The van der Waals surface area contributed by atoms with Crippen LogP contribution in [-0.2, 0) is 17.8 Å². The molecule has 1 saturated heterocycles. The largest absolute Gasteiger partial charge is 0.368 e. The molecule has 0 unspecified atom stereocenters. The SMILES string of the molecule is N#Cc1ccccc1-c1nc(N)n2nc(Cc3c(F)cccc3CN3C(=O)CNC3=O)nc2c1-c1ccncn1. The molecule has 0 radical (unpaired) electrons. The number of carbonyl (C=O) groups excluding carboxylic acids is 2. The van der Waals surface area contributed by atoms with Gasteiger partial charge in [0.15, 0.2) is 11.5 Å². The van der Waals surface area contributed by atoms with Crippen molar-refractivity contribution in [2.24, 2.45) is 0 Å². The van der Waals surface area contributed by atoms with Gasteiger partial charge in [-0.3, -0.25) is 9.69 Å². The van der Waals surface area contributed by atoms with Crippen LogP contribution in [0.1, 0.15) is 22.5 Å². The molecule has 4 heterocycles. The van der Waals surface area contributed by atoms with Crippen molar-refractivity contribution >= 4 is 23.5 Å². The molecular weight excluding hydrogens is 515 g/mol. The van der Waals surface area contributed by atoms with Crippen LogP contribution in [0.4, 0.5) is 15.1 Å². The third-order valence-electron chi connectivity index (χ3n) is 6.51. The van der Waals surface area contributed by atoms with Crippen molar-refractivity contribution in [2.75, 3.05) is 12.3 Å². The van der Waals surface area contributed by atoms with Gasteiger partial charge in [0, 0.05) is 23.7 Å². The second-order valence-corrected chi connectivity index (χ2v) is 8.90. The van der Waals surface area contributed by atoms with Crippen LogP contribution in [0, 0.1) is 17.1 Å². The van der Waals surface area contributed by atoms with E-state index in [1.807, 2.05) is 0 Å².